The third-order valence-electron chi connectivity index (χ3n) is 4.41. The van der Waals surface area contributed by atoms with Crippen molar-refractivity contribution in [1.82, 2.24) is 15.1 Å². The summed E-state index contributed by atoms with van der Waals surface area (Å²) in [7, 11) is 2.09. The molecule has 1 aliphatic heterocycles. The van der Waals surface area contributed by atoms with Gasteiger partial charge < -0.3 is 5.32 Å². The van der Waals surface area contributed by atoms with Gasteiger partial charge in [0.15, 0.2) is 0 Å². The van der Waals surface area contributed by atoms with Gasteiger partial charge in [-0.3, -0.25) is 4.68 Å². The smallest absolute Gasteiger partial charge is 0.0640 e. The van der Waals surface area contributed by atoms with Gasteiger partial charge in [0.2, 0.25) is 0 Å². The molecule has 5 heteroatoms. The van der Waals surface area contributed by atoms with Crippen LogP contribution in [0.2, 0.25) is 0 Å². The zero-order valence-corrected chi connectivity index (χ0v) is 15.3. The third-order valence-corrected chi connectivity index (χ3v) is 7.66. The molecular weight excluding hydrogens is 298 g/mol. The fraction of sp³-hybridized carbons (Fsp3) is 0.812. The molecule has 0 aromatic carbocycles. The van der Waals surface area contributed by atoms with Crippen LogP contribution in [-0.4, -0.2) is 44.9 Å². The first-order valence-electron chi connectivity index (χ1n) is 8.14. The van der Waals surface area contributed by atoms with Gasteiger partial charge in [0.05, 0.1) is 11.7 Å². The Bertz CT molecular complexity index is 417. The van der Waals surface area contributed by atoms with Gasteiger partial charge in [0.1, 0.15) is 0 Å². The van der Waals surface area contributed by atoms with E-state index in [2.05, 4.69) is 73.6 Å². The van der Waals surface area contributed by atoms with E-state index in [0.717, 1.165) is 24.5 Å². The normalized spacial score (nSPS) is 24.4. The summed E-state index contributed by atoms with van der Waals surface area (Å²) in [4.78, 5) is 0. The number of hydrogen-bond donors (Lipinski definition) is 1. The Kier molecular flexibility index (Phi) is 6.96. The highest BCUT2D eigenvalue weighted by Crippen LogP contribution is 2.33. The molecule has 1 saturated heterocycles. The first-order valence-corrected chi connectivity index (χ1v) is 10.2. The Hall–Kier alpha value is -0.130. The van der Waals surface area contributed by atoms with Crippen LogP contribution in [0.5, 0.6) is 0 Å². The van der Waals surface area contributed by atoms with Gasteiger partial charge in [-0.2, -0.15) is 28.6 Å². The Morgan fingerprint density at radius 1 is 1.33 bits per heavy atom. The quantitative estimate of drug-likeness (QED) is 0.828. The van der Waals surface area contributed by atoms with Gasteiger partial charge >= 0.3 is 0 Å². The molecule has 1 aliphatic rings. The lowest BCUT2D eigenvalue weighted by Gasteiger charge is -2.34. The molecule has 3 nitrogen and oxygen atoms in total. The van der Waals surface area contributed by atoms with Crippen molar-refractivity contribution in [3.8, 4) is 0 Å². The van der Waals surface area contributed by atoms with E-state index in [1.807, 2.05) is 0 Å². The van der Waals surface area contributed by atoms with Crippen LogP contribution >= 0.6 is 23.5 Å². The van der Waals surface area contributed by atoms with E-state index in [4.69, 9.17) is 5.10 Å². The van der Waals surface area contributed by atoms with Crippen molar-refractivity contribution in [3.63, 3.8) is 0 Å². The maximum absolute atomic E-state index is 4.82. The van der Waals surface area contributed by atoms with E-state index in [1.54, 1.807) is 0 Å². The van der Waals surface area contributed by atoms with E-state index in [1.165, 1.54) is 17.2 Å². The van der Waals surface area contributed by atoms with Crippen molar-refractivity contribution in [3.05, 3.63) is 18.0 Å². The summed E-state index contributed by atoms with van der Waals surface area (Å²) in [6.07, 6.45) is 5.50. The zero-order valence-electron chi connectivity index (χ0n) is 13.7. The predicted octanol–water partition coefficient (Wildman–Crippen LogP) is 3.61. The number of aromatic nitrogens is 2. The van der Waals surface area contributed by atoms with Crippen molar-refractivity contribution in [2.75, 3.05) is 18.6 Å². The SMILES string of the molecule is CCC(CC)n1ccc(CC(NC)C2SCCSC2C)n1. The number of likely N-dealkylation sites (N-methyl/N-ethyl adjacent to an activating group) is 1. The van der Waals surface area contributed by atoms with Gasteiger partial charge in [-0.15, -0.1) is 0 Å². The predicted molar refractivity (Wildman–Crippen MR) is 96.6 cm³/mol. The van der Waals surface area contributed by atoms with Crippen LogP contribution in [0.1, 0.15) is 45.3 Å². The second-order valence-corrected chi connectivity index (χ2v) is 8.54. The number of thioether (sulfide) groups is 2. The van der Waals surface area contributed by atoms with Crippen LogP contribution in [0.4, 0.5) is 0 Å². The van der Waals surface area contributed by atoms with E-state index >= 15 is 0 Å². The largest absolute Gasteiger partial charge is 0.315 e. The second-order valence-electron chi connectivity index (χ2n) is 5.77. The highest BCUT2D eigenvalue weighted by molar-refractivity contribution is 8.07. The van der Waals surface area contributed by atoms with Crippen molar-refractivity contribution < 1.29 is 0 Å². The molecule has 3 atom stereocenters. The lowest BCUT2D eigenvalue weighted by atomic mass is 10.1. The summed E-state index contributed by atoms with van der Waals surface area (Å²) in [6.45, 7) is 6.85. The Morgan fingerprint density at radius 2 is 2.05 bits per heavy atom. The van der Waals surface area contributed by atoms with Crippen LogP contribution < -0.4 is 5.32 Å². The second kappa shape index (κ2) is 8.49. The van der Waals surface area contributed by atoms with Crippen molar-refractivity contribution in [2.45, 2.75) is 62.6 Å². The van der Waals surface area contributed by atoms with E-state index in [9.17, 15) is 0 Å². The van der Waals surface area contributed by atoms with Gasteiger partial charge in [0, 0.05) is 40.7 Å². The summed E-state index contributed by atoms with van der Waals surface area (Å²) in [5.74, 6) is 2.57. The average Bonchev–Trinajstić information content (AvgIpc) is 2.95. The third kappa shape index (κ3) is 4.42. The van der Waals surface area contributed by atoms with Crippen molar-refractivity contribution >= 4 is 23.5 Å². The molecule has 0 aliphatic carbocycles. The van der Waals surface area contributed by atoms with Crippen LogP contribution in [-0.2, 0) is 6.42 Å². The van der Waals surface area contributed by atoms with Gasteiger partial charge in [-0.1, -0.05) is 20.8 Å². The van der Waals surface area contributed by atoms with E-state index in [-0.39, 0.29) is 0 Å². The molecule has 0 bridgehead atoms. The lowest BCUT2D eigenvalue weighted by Crippen LogP contribution is -2.44. The first-order chi connectivity index (χ1) is 10.2. The molecule has 1 N–H and O–H groups in total. The van der Waals surface area contributed by atoms with E-state index in [0.29, 0.717) is 17.3 Å². The maximum Gasteiger partial charge on any atom is 0.0640 e. The minimum Gasteiger partial charge on any atom is -0.315 e. The Morgan fingerprint density at radius 3 is 2.67 bits per heavy atom. The average molecular weight is 328 g/mol. The fourth-order valence-electron chi connectivity index (χ4n) is 3.05. The molecule has 0 spiro atoms. The molecular formula is C16H29N3S2. The van der Waals surface area contributed by atoms with Crippen LogP contribution in [0.3, 0.4) is 0 Å². The molecule has 21 heavy (non-hydrogen) atoms. The van der Waals surface area contributed by atoms with Crippen molar-refractivity contribution in [2.24, 2.45) is 0 Å². The first kappa shape index (κ1) is 17.2. The Balaban J connectivity index is 2.01. The number of nitrogens with one attached hydrogen (secondary N) is 1. The molecule has 1 fully saturated rings. The van der Waals surface area contributed by atoms with Crippen LogP contribution in [0.25, 0.3) is 0 Å². The standard InChI is InChI=1S/C16H29N3S2/c1-5-14(6-2)19-8-7-13(18-19)11-15(17-4)16-12(3)20-9-10-21-16/h7-8,12,14-17H,5-6,9-11H2,1-4H3. The summed E-state index contributed by atoms with van der Waals surface area (Å²) >= 11 is 4.24. The van der Waals surface area contributed by atoms with Gasteiger partial charge in [-0.05, 0) is 26.0 Å². The molecule has 2 heterocycles. The topological polar surface area (TPSA) is 29.9 Å². The molecule has 0 radical (unpaired) electrons. The summed E-state index contributed by atoms with van der Waals surface area (Å²) in [6, 6.07) is 3.27. The molecule has 1 aromatic heterocycles. The van der Waals surface area contributed by atoms with Crippen LogP contribution in [0.15, 0.2) is 12.3 Å². The summed E-state index contributed by atoms with van der Waals surface area (Å²) in [5, 5.41) is 9.77. The maximum atomic E-state index is 4.82. The zero-order chi connectivity index (χ0) is 15.2. The molecule has 120 valence electrons. The number of nitrogens with zero attached hydrogens (tertiary/aromatic N) is 2. The molecule has 0 amide bonds. The summed E-state index contributed by atoms with van der Waals surface area (Å²) < 4.78 is 2.16. The molecule has 0 saturated carbocycles. The lowest BCUT2D eigenvalue weighted by molar-refractivity contribution is 0.422. The number of hydrogen-bond acceptors (Lipinski definition) is 4. The summed E-state index contributed by atoms with van der Waals surface area (Å²) in [5.41, 5.74) is 1.23. The Labute approximate surface area is 138 Å². The molecule has 1 aromatic rings. The fourth-order valence-corrected chi connectivity index (χ4v) is 6.05. The van der Waals surface area contributed by atoms with Gasteiger partial charge in [-0.25, -0.2) is 0 Å². The van der Waals surface area contributed by atoms with Crippen LogP contribution in [0, 0.1) is 0 Å². The minimum absolute atomic E-state index is 0.517. The highest BCUT2D eigenvalue weighted by Gasteiger charge is 2.30. The highest BCUT2D eigenvalue weighted by atomic mass is 32.2. The molecule has 2 rings (SSSR count). The van der Waals surface area contributed by atoms with E-state index < -0.39 is 0 Å². The van der Waals surface area contributed by atoms with Crippen molar-refractivity contribution in [1.29, 1.82) is 0 Å². The minimum atomic E-state index is 0.517. The number of rotatable bonds is 7. The monoisotopic (exact) mass is 327 g/mol. The molecule has 3 unspecified atom stereocenters. The van der Waals surface area contributed by atoms with Gasteiger partial charge in [0.25, 0.3) is 0 Å².